The minimum Gasteiger partial charge on any atom is -0.350 e. The van der Waals surface area contributed by atoms with Crippen LogP contribution < -0.4 is 5.32 Å². The minimum absolute atomic E-state index is 0.237. The van der Waals surface area contributed by atoms with Gasteiger partial charge in [-0.2, -0.15) is 0 Å². The van der Waals surface area contributed by atoms with Crippen LogP contribution in [0.1, 0.15) is 16.1 Å². The lowest BCUT2D eigenvalue weighted by Gasteiger charge is -2.04. The molecule has 2 aromatic rings. The Balaban J connectivity index is 1.82. The van der Waals surface area contributed by atoms with Crippen molar-refractivity contribution in [2.24, 2.45) is 0 Å². The number of halogens is 1. The molecule has 0 bridgehead atoms. The summed E-state index contributed by atoms with van der Waals surface area (Å²) < 4.78 is 12.7. The SMILES string of the molecule is O=C(NCCc1ccc(F)cc1)c1ccncn1. The van der Waals surface area contributed by atoms with E-state index in [1.165, 1.54) is 24.7 Å². The maximum absolute atomic E-state index is 12.7. The van der Waals surface area contributed by atoms with Gasteiger partial charge in [0.05, 0.1) is 0 Å². The van der Waals surface area contributed by atoms with Crippen LogP contribution in [0.5, 0.6) is 0 Å². The molecule has 18 heavy (non-hydrogen) atoms. The van der Waals surface area contributed by atoms with E-state index in [1.54, 1.807) is 18.2 Å². The molecular weight excluding hydrogens is 233 g/mol. The largest absolute Gasteiger partial charge is 0.350 e. The molecule has 1 heterocycles. The van der Waals surface area contributed by atoms with Crippen LogP contribution in [0.15, 0.2) is 42.9 Å². The van der Waals surface area contributed by atoms with Crippen molar-refractivity contribution in [3.63, 3.8) is 0 Å². The molecule has 1 aromatic carbocycles. The first kappa shape index (κ1) is 12.2. The average molecular weight is 245 g/mol. The van der Waals surface area contributed by atoms with E-state index in [2.05, 4.69) is 15.3 Å². The summed E-state index contributed by atoms with van der Waals surface area (Å²) in [5, 5.41) is 2.74. The standard InChI is InChI=1S/C13H12FN3O/c14-11-3-1-10(2-4-11)5-8-16-13(18)12-6-7-15-9-17-12/h1-4,6-7,9H,5,8H2,(H,16,18). The molecule has 0 spiro atoms. The summed E-state index contributed by atoms with van der Waals surface area (Å²) in [6, 6.07) is 7.76. The maximum atomic E-state index is 12.7. The summed E-state index contributed by atoms with van der Waals surface area (Å²) in [6.07, 6.45) is 3.49. The van der Waals surface area contributed by atoms with Gasteiger partial charge in [0.15, 0.2) is 0 Å². The Morgan fingerprint density at radius 3 is 2.67 bits per heavy atom. The van der Waals surface area contributed by atoms with Gasteiger partial charge in [-0.1, -0.05) is 12.1 Å². The van der Waals surface area contributed by atoms with Gasteiger partial charge in [-0.3, -0.25) is 4.79 Å². The molecule has 1 N–H and O–H groups in total. The van der Waals surface area contributed by atoms with Crippen molar-refractivity contribution in [3.05, 3.63) is 59.9 Å². The molecule has 0 saturated carbocycles. The number of carbonyl (C=O) groups excluding carboxylic acids is 1. The highest BCUT2D eigenvalue weighted by Crippen LogP contribution is 2.02. The van der Waals surface area contributed by atoms with E-state index in [4.69, 9.17) is 0 Å². The fourth-order valence-corrected chi connectivity index (χ4v) is 1.49. The highest BCUT2D eigenvalue weighted by Gasteiger charge is 2.05. The molecule has 0 radical (unpaired) electrons. The molecule has 0 unspecified atom stereocenters. The normalized spacial score (nSPS) is 10.1. The third-order valence-corrected chi connectivity index (χ3v) is 2.43. The number of nitrogens with zero attached hydrogens (tertiary/aromatic N) is 2. The molecule has 0 saturated heterocycles. The van der Waals surface area contributed by atoms with Crippen LogP contribution in [0.2, 0.25) is 0 Å². The molecule has 4 nitrogen and oxygen atoms in total. The Morgan fingerprint density at radius 2 is 2.00 bits per heavy atom. The molecule has 1 amide bonds. The first-order valence-corrected chi connectivity index (χ1v) is 5.54. The van der Waals surface area contributed by atoms with Gasteiger partial charge in [0, 0.05) is 12.7 Å². The summed E-state index contributed by atoms with van der Waals surface area (Å²) in [7, 11) is 0. The van der Waals surface area contributed by atoms with E-state index in [0.717, 1.165) is 5.56 Å². The Morgan fingerprint density at radius 1 is 1.22 bits per heavy atom. The third kappa shape index (κ3) is 3.35. The van der Waals surface area contributed by atoms with Crippen LogP contribution in [-0.4, -0.2) is 22.4 Å². The van der Waals surface area contributed by atoms with E-state index in [1.807, 2.05) is 0 Å². The molecule has 0 aliphatic carbocycles. The van der Waals surface area contributed by atoms with E-state index in [-0.39, 0.29) is 11.7 Å². The molecule has 92 valence electrons. The quantitative estimate of drug-likeness (QED) is 0.889. The summed E-state index contributed by atoms with van der Waals surface area (Å²) >= 11 is 0. The van der Waals surface area contributed by atoms with Crippen molar-refractivity contribution >= 4 is 5.91 Å². The van der Waals surface area contributed by atoms with Gasteiger partial charge in [-0.25, -0.2) is 14.4 Å². The zero-order valence-electron chi connectivity index (χ0n) is 9.64. The van der Waals surface area contributed by atoms with Crippen LogP contribution in [-0.2, 0) is 6.42 Å². The number of carbonyl (C=O) groups is 1. The lowest BCUT2D eigenvalue weighted by atomic mass is 10.1. The molecule has 1 aromatic heterocycles. The molecule has 2 rings (SSSR count). The molecular formula is C13H12FN3O. The van der Waals surface area contributed by atoms with Crippen LogP contribution in [0, 0.1) is 5.82 Å². The number of rotatable bonds is 4. The van der Waals surface area contributed by atoms with Gasteiger partial charge < -0.3 is 5.32 Å². The fraction of sp³-hybridized carbons (Fsp3) is 0.154. The van der Waals surface area contributed by atoms with Crippen LogP contribution in [0.3, 0.4) is 0 Å². The summed E-state index contributed by atoms with van der Waals surface area (Å²) in [4.78, 5) is 19.2. The van der Waals surface area contributed by atoms with Crippen molar-refractivity contribution in [2.45, 2.75) is 6.42 Å². The smallest absolute Gasteiger partial charge is 0.270 e. The van der Waals surface area contributed by atoms with Crippen molar-refractivity contribution in [1.29, 1.82) is 0 Å². The van der Waals surface area contributed by atoms with Gasteiger partial charge in [0.2, 0.25) is 0 Å². The molecule has 0 aliphatic rings. The second-order valence-corrected chi connectivity index (χ2v) is 3.73. The monoisotopic (exact) mass is 245 g/mol. The summed E-state index contributed by atoms with van der Waals surface area (Å²) in [5.41, 5.74) is 1.31. The van der Waals surface area contributed by atoms with E-state index in [9.17, 15) is 9.18 Å². The highest BCUT2D eigenvalue weighted by atomic mass is 19.1. The second-order valence-electron chi connectivity index (χ2n) is 3.73. The third-order valence-electron chi connectivity index (χ3n) is 2.43. The van der Waals surface area contributed by atoms with Gasteiger partial charge in [0.25, 0.3) is 5.91 Å². The van der Waals surface area contributed by atoms with E-state index >= 15 is 0 Å². The fourth-order valence-electron chi connectivity index (χ4n) is 1.49. The number of hydrogen-bond acceptors (Lipinski definition) is 3. The lowest BCUT2D eigenvalue weighted by Crippen LogP contribution is -2.26. The van der Waals surface area contributed by atoms with Gasteiger partial charge in [-0.05, 0) is 30.2 Å². The number of aromatic nitrogens is 2. The van der Waals surface area contributed by atoms with Crippen molar-refractivity contribution in [1.82, 2.24) is 15.3 Å². The van der Waals surface area contributed by atoms with Gasteiger partial charge in [-0.15, -0.1) is 0 Å². The van der Waals surface area contributed by atoms with Crippen LogP contribution >= 0.6 is 0 Å². The summed E-state index contributed by atoms with van der Waals surface area (Å²) in [6.45, 7) is 0.481. The molecule has 0 atom stereocenters. The topological polar surface area (TPSA) is 54.9 Å². The molecule has 0 aliphatic heterocycles. The first-order chi connectivity index (χ1) is 8.75. The summed E-state index contributed by atoms with van der Waals surface area (Å²) in [5.74, 6) is -0.497. The second kappa shape index (κ2) is 5.86. The highest BCUT2D eigenvalue weighted by molar-refractivity contribution is 5.91. The number of nitrogens with one attached hydrogen (secondary N) is 1. The predicted molar refractivity (Wildman–Crippen MR) is 64.5 cm³/mol. The van der Waals surface area contributed by atoms with Crippen LogP contribution in [0.25, 0.3) is 0 Å². The zero-order valence-corrected chi connectivity index (χ0v) is 9.64. The van der Waals surface area contributed by atoms with Crippen molar-refractivity contribution < 1.29 is 9.18 Å². The maximum Gasteiger partial charge on any atom is 0.270 e. The number of benzene rings is 1. The minimum atomic E-state index is -0.260. The first-order valence-electron chi connectivity index (χ1n) is 5.54. The van der Waals surface area contributed by atoms with E-state index < -0.39 is 0 Å². The molecule has 0 fully saturated rings. The average Bonchev–Trinajstić information content (AvgIpc) is 2.42. The number of hydrogen-bond donors (Lipinski definition) is 1. The van der Waals surface area contributed by atoms with E-state index in [0.29, 0.717) is 18.7 Å². The van der Waals surface area contributed by atoms with Crippen LogP contribution in [0.4, 0.5) is 4.39 Å². The Labute approximate surface area is 104 Å². The Hall–Kier alpha value is -2.30. The van der Waals surface area contributed by atoms with Crippen molar-refractivity contribution in [3.8, 4) is 0 Å². The Kier molecular flexibility index (Phi) is 3.96. The van der Waals surface area contributed by atoms with Gasteiger partial charge >= 0.3 is 0 Å². The van der Waals surface area contributed by atoms with Gasteiger partial charge in [0.1, 0.15) is 17.8 Å². The molecule has 5 heteroatoms. The predicted octanol–water partition coefficient (Wildman–Crippen LogP) is 1.59. The number of amides is 1. The Bertz CT molecular complexity index is 514. The zero-order chi connectivity index (χ0) is 12.8. The lowest BCUT2D eigenvalue weighted by molar-refractivity contribution is 0.0949. The van der Waals surface area contributed by atoms with Crippen molar-refractivity contribution in [2.75, 3.05) is 6.54 Å².